The highest BCUT2D eigenvalue weighted by atomic mass is 32.1. The summed E-state index contributed by atoms with van der Waals surface area (Å²) >= 11 is 1.40. The van der Waals surface area contributed by atoms with Gasteiger partial charge >= 0.3 is 0 Å². The molecular weight excluding hydrogens is 220 g/mol. The van der Waals surface area contributed by atoms with Gasteiger partial charge in [0.2, 0.25) is 0 Å². The molecule has 5 heteroatoms. The van der Waals surface area contributed by atoms with Crippen LogP contribution in [0.4, 0.5) is 5.13 Å². The molecule has 0 aromatic carbocycles. The Kier molecular flexibility index (Phi) is 2.04. The van der Waals surface area contributed by atoms with Crippen LogP contribution in [0.5, 0.6) is 0 Å². The van der Waals surface area contributed by atoms with E-state index < -0.39 is 0 Å². The average Bonchev–Trinajstić information content (AvgIpc) is 2.69. The molecule has 3 heterocycles. The zero-order valence-corrected chi connectivity index (χ0v) is 9.11. The monoisotopic (exact) mass is 228 g/mol. The Morgan fingerprint density at radius 2 is 2.06 bits per heavy atom. The van der Waals surface area contributed by atoms with Crippen molar-refractivity contribution in [2.45, 2.75) is 0 Å². The topological polar surface area (TPSA) is 64.7 Å². The molecule has 16 heavy (non-hydrogen) atoms. The minimum atomic E-state index is 0.547. The van der Waals surface area contributed by atoms with Crippen molar-refractivity contribution in [3.8, 4) is 11.3 Å². The molecule has 0 amide bonds. The Balaban J connectivity index is 2.18. The van der Waals surface area contributed by atoms with E-state index in [9.17, 15) is 0 Å². The maximum atomic E-state index is 5.63. The molecule has 0 saturated carbocycles. The van der Waals surface area contributed by atoms with E-state index in [2.05, 4.69) is 15.0 Å². The van der Waals surface area contributed by atoms with Crippen molar-refractivity contribution in [2.75, 3.05) is 5.73 Å². The van der Waals surface area contributed by atoms with Crippen LogP contribution < -0.4 is 5.73 Å². The molecule has 3 aromatic heterocycles. The molecule has 0 unspecified atom stereocenters. The standard InChI is InChI=1S/C11H8N4S/c12-11-15-9-4-3-8(14-10(9)16-11)7-2-1-5-13-6-7/h1-6H,(H2,12,15). The second-order valence-corrected chi connectivity index (χ2v) is 4.32. The van der Waals surface area contributed by atoms with Crippen LogP contribution >= 0.6 is 11.3 Å². The number of pyridine rings is 2. The van der Waals surface area contributed by atoms with Crippen molar-refractivity contribution in [2.24, 2.45) is 0 Å². The first-order chi connectivity index (χ1) is 7.83. The van der Waals surface area contributed by atoms with Crippen molar-refractivity contribution in [1.82, 2.24) is 15.0 Å². The summed E-state index contributed by atoms with van der Waals surface area (Å²) < 4.78 is 0. The quantitative estimate of drug-likeness (QED) is 0.694. The summed E-state index contributed by atoms with van der Waals surface area (Å²) in [6, 6.07) is 7.73. The Hall–Kier alpha value is -2.01. The normalized spacial score (nSPS) is 10.8. The SMILES string of the molecule is Nc1nc2ccc(-c3cccnc3)nc2s1. The van der Waals surface area contributed by atoms with E-state index in [4.69, 9.17) is 5.73 Å². The Morgan fingerprint density at radius 1 is 1.12 bits per heavy atom. The number of fused-ring (bicyclic) bond motifs is 1. The first-order valence-electron chi connectivity index (χ1n) is 4.76. The van der Waals surface area contributed by atoms with E-state index in [1.54, 1.807) is 12.4 Å². The molecule has 3 rings (SSSR count). The summed E-state index contributed by atoms with van der Waals surface area (Å²) in [4.78, 5) is 13.6. The fraction of sp³-hybridized carbons (Fsp3) is 0. The van der Waals surface area contributed by atoms with Gasteiger partial charge in [0.05, 0.1) is 5.69 Å². The van der Waals surface area contributed by atoms with E-state index >= 15 is 0 Å². The van der Waals surface area contributed by atoms with E-state index in [-0.39, 0.29) is 0 Å². The van der Waals surface area contributed by atoms with Gasteiger partial charge in [-0.05, 0) is 24.3 Å². The highest BCUT2D eigenvalue weighted by molar-refractivity contribution is 7.21. The Bertz CT molecular complexity index is 633. The fourth-order valence-electron chi connectivity index (χ4n) is 1.51. The molecule has 0 radical (unpaired) electrons. The number of nitrogens with zero attached hydrogens (tertiary/aromatic N) is 3. The van der Waals surface area contributed by atoms with Crippen LogP contribution in [0.15, 0.2) is 36.7 Å². The molecule has 2 N–H and O–H groups in total. The predicted molar refractivity (Wildman–Crippen MR) is 65.1 cm³/mol. The van der Waals surface area contributed by atoms with E-state index in [0.717, 1.165) is 21.6 Å². The molecule has 4 nitrogen and oxygen atoms in total. The van der Waals surface area contributed by atoms with Gasteiger partial charge in [0.15, 0.2) is 5.13 Å². The number of nitrogens with two attached hydrogens (primary N) is 1. The third-order valence-corrected chi connectivity index (χ3v) is 3.02. The van der Waals surface area contributed by atoms with Gasteiger partial charge in [0.1, 0.15) is 10.3 Å². The second kappa shape index (κ2) is 3.53. The lowest BCUT2D eigenvalue weighted by Crippen LogP contribution is -1.83. The Labute approximate surface area is 95.8 Å². The lowest BCUT2D eigenvalue weighted by atomic mass is 10.2. The van der Waals surface area contributed by atoms with Crippen LogP contribution in [0.3, 0.4) is 0 Å². The molecule has 0 aliphatic rings. The van der Waals surface area contributed by atoms with Crippen molar-refractivity contribution >= 4 is 26.8 Å². The van der Waals surface area contributed by atoms with E-state index in [1.807, 2.05) is 24.3 Å². The number of rotatable bonds is 1. The third kappa shape index (κ3) is 1.51. The fourth-order valence-corrected chi connectivity index (χ4v) is 2.21. The molecular formula is C11H8N4S. The van der Waals surface area contributed by atoms with Crippen molar-refractivity contribution < 1.29 is 0 Å². The van der Waals surface area contributed by atoms with Crippen LogP contribution in [0.2, 0.25) is 0 Å². The smallest absolute Gasteiger partial charge is 0.182 e. The molecule has 0 aliphatic heterocycles. The third-order valence-electron chi connectivity index (χ3n) is 2.23. The lowest BCUT2D eigenvalue weighted by Gasteiger charge is -1.98. The van der Waals surface area contributed by atoms with Crippen molar-refractivity contribution in [3.63, 3.8) is 0 Å². The average molecular weight is 228 g/mol. The zero-order chi connectivity index (χ0) is 11.0. The number of aromatic nitrogens is 3. The van der Waals surface area contributed by atoms with Gasteiger partial charge in [-0.2, -0.15) is 0 Å². The molecule has 0 aliphatic carbocycles. The summed E-state index contributed by atoms with van der Waals surface area (Å²) in [5, 5.41) is 0.547. The summed E-state index contributed by atoms with van der Waals surface area (Å²) in [6.45, 7) is 0. The Morgan fingerprint density at radius 3 is 2.88 bits per heavy atom. The minimum absolute atomic E-state index is 0.547. The van der Waals surface area contributed by atoms with E-state index in [0.29, 0.717) is 5.13 Å². The van der Waals surface area contributed by atoms with Crippen LogP contribution in [0.1, 0.15) is 0 Å². The summed E-state index contributed by atoms with van der Waals surface area (Å²) in [6.07, 6.45) is 3.53. The van der Waals surface area contributed by atoms with Crippen molar-refractivity contribution in [1.29, 1.82) is 0 Å². The number of anilines is 1. The van der Waals surface area contributed by atoms with Crippen molar-refractivity contribution in [3.05, 3.63) is 36.7 Å². The molecule has 0 atom stereocenters. The van der Waals surface area contributed by atoms with Gasteiger partial charge in [-0.15, -0.1) is 0 Å². The molecule has 0 saturated heterocycles. The minimum Gasteiger partial charge on any atom is -0.375 e. The zero-order valence-electron chi connectivity index (χ0n) is 8.29. The van der Waals surface area contributed by atoms with Gasteiger partial charge in [-0.1, -0.05) is 11.3 Å². The van der Waals surface area contributed by atoms with Crippen LogP contribution in [-0.2, 0) is 0 Å². The molecule has 0 fully saturated rings. The maximum Gasteiger partial charge on any atom is 0.182 e. The summed E-state index contributed by atoms with van der Waals surface area (Å²) in [7, 11) is 0. The number of thiazole rings is 1. The number of hydrogen-bond acceptors (Lipinski definition) is 5. The van der Waals surface area contributed by atoms with E-state index in [1.165, 1.54) is 11.3 Å². The van der Waals surface area contributed by atoms with Gasteiger partial charge in [-0.3, -0.25) is 4.98 Å². The largest absolute Gasteiger partial charge is 0.375 e. The summed E-state index contributed by atoms with van der Waals surface area (Å²) in [5.41, 5.74) is 8.37. The van der Waals surface area contributed by atoms with Crippen LogP contribution in [-0.4, -0.2) is 15.0 Å². The van der Waals surface area contributed by atoms with Crippen LogP contribution in [0.25, 0.3) is 21.6 Å². The van der Waals surface area contributed by atoms with Gasteiger partial charge in [-0.25, -0.2) is 9.97 Å². The number of hydrogen-bond donors (Lipinski definition) is 1. The second-order valence-electron chi connectivity index (χ2n) is 3.31. The molecule has 3 aromatic rings. The highest BCUT2D eigenvalue weighted by Crippen LogP contribution is 2.25. The molecule has 78 valence electrons. The molecule has 0 bridgehead atoms. The first-order valence-corrected chi connectivity index (χ1v) is 5.58. The molecule has 0 spiro atoms. The highest BCUT2D eigenvalue weighted by Gasteiger charge is 2.05. The van der Waals surface area contributed by atoms with Crippen LogP contribution in [0, 0.1) is 0 Å². The van der Waals surface area contributed by atoms with Gasteiger partial charge in [0.25, 0.3) is 0 Å². The first kappa shape index (κ1) is 9.23. The summed E-state index contributed by atoms with van der Waals surface area (Å²) in [5.74, 6) is 0. The predicted octanol–water partition coefficient (Wildman–Crippen LogP) is 2.34. The number of nitrogen functional groups attached to an aromatic ring is 1. The van der Waals surface area contributed by atoms with Gasteiger partial charge in [0, 0.05) is 18.0 Å². The van der Waals surface area contributed by atoms with Gasteiger partial charge < -0.3 is 5.73 Å². The lowest BCUT2D eigenvalue weighted by molar-refractivity contribution is 1.30. The maximum absolute atomic E-state index is 5.63.